The summed E-state index contributed by atoms with van der Waals surface area (Å²) in [5.74, 6) is -0.407. The monoisotopic (exact) mass is 462 g/mol. The van der Waals surface area contributed by atoms with E-state index < -0.39 is 18.1 Å². The van der Waals surface area contributed by atoms with Crippen molar-refractivity contribution in [2.45, 2.75) is 38.3 Å². The molecule has 6 heteroatoms. The number of hydrogen-bond acceptors (Lipinski definition) is 5. The van der Waals surface area contributed by atoms with Crippen LogP contribution in [0.3, 0.4) is 0 Å². The van der Waals surface area contributed by atoms with Crippen molar-refractivity contribution in [1.29, 1.82) is 0 Å². The molecule has 0 radical (unpaired) electrons. The molecule has 3 N–H and O–H groups in total. The fourth-order valence-corrected chi connectivity index (χ4v) is 3.31. The van der Waals surface area contributed by atoms with Gasteiger partial charge in [0.25, 0.3) is 5.91 Å². The van der Waals surface area contributed by atoms with Crippen LogP contribution in [0, 0.1) is 0 Å². The highest BCUT2D eigenvalue weighted by Gasteiger charge is 2.22. The molecule has 1 aliphatic rings. The number of aliphatic hydroxyl groups is 1. The molecule has 2 atom stereocenters. The van der Waals surface area contributed by atoms with Gasteiger partial charge in [-0.2, -0.15) is 5.48 Å². The lowest BCUT2D eigenvalue weighted by Gasteiger charge is -2.25. The second-order valence-corrected chi connectivity index (χ2v) is 7.82. The number of aldehydes is 1. The highest BCUT2D eigenvalue weighted by Crippen LogP contribution is 2.11. The molecular formula is C28H34N2O4. The number of carbonyl (C=O) groups is 2. The van der Waals surface area contributed by atoms with Gasteiger partial charge in [-0.3, -0.25) is 14.4 Å². The van der Waals surface area contributed by atoms with Gasteiger partial charge < -0.3 is 10.4 Å². The number of hydroxylamine groups is 1. The summed E-state index contributed by atoms with van der Waals surface area (Å²) in [4.78, 5) is 29.5. The van der Waals surface area contributed by atoms with Crippen LogP contribution in [0.4, 0.5) is 0 Å². The van der Waals surface area contributed by atoms with Crippen molar-refractivity contribution < 1.29 is 19.5 Å². The Balaban J connectivity index is 2.00. The van der Waals surface area contributed by atoms with E-state index in [1.54, 1.807) is 13.0 Å². The Morgan fingerprint density at radius 3 is 2.76 bits per heavy atom. The molecule has 0 spiro atoms. The average molecular weight is 463 g/mol. The third-order valence-electron chi connectivity index (χ3n) is 5.35. The van der Waals surface area contributed by atoms with Gasteiger partial charge in [-0.05, 0) is 43.4 Å². The van der Waals surface area contributed by atoms with Gasteiger partial charge in [0.15, 0.2) is 0 Å². The summed E-state index contributed by atoms with van der Waals surface area (Å²) in [7, 11) is 0. The van der Waals surface area contributed by atoms with Crippen molar-refractivity contribution in [3.05, 3.63) is 108 Å². The summed E-state index contributed by atoms with van der Waals surface area (Å²) < 4.78 is 0. The minimum atomic E-state index is -0.897. The van der Waals surface area contributed by atoms with Gasteiger partial charge in [0.1, 0.15) is 6.29 Å². The molecule has 0 saturated carbocycles. The molecule has 0 aliphatic heterocycles. The predicted octanol–water partition coefficient (Wildman–Crippen LogP) is 3.69. The first-order chi connectivity index (χ1) is 16.6. The van der Waals surface area contributed by atoms with Crippen molar-refractivity contribution in [1.82, 2.24) is 10.8 Å². The number of aliphatic hydroxyl groups excluding tert-OH is 1. The SMILES string of the molecule is C=C/C(=C\C(C=O)=C/C)C(=O)NC(CCc1ccccc1)C(O)CNOCC1=CCC=CC=C1. The Labute approximate surface area is 202 Å². The molecule has 2 rings (SSSR count). The summed E-state index contributed by atoms with van der Waals surface area (Å²) in [5.41, 5.74) is 5.58. The van der Waals surface area contributed by atoms with Gasteiger partial charge in [0, 0.05) is 17.7 Å². The quantitative estimate of drug-likeness (QED) is 0.129. The fourth-order valence-electron chi connectivity index (χ4n) is 3.31. The number of allylic oxidation sites excluding steroid dienone is 7. The molecule has 1 aromatic carbocycles. The van der Waals surface area contributed by atoms with Gasteiger partial charge >= 0.3 is 0 Å². The summed E-state index contributed by atoms with van der Waals surface area (Å²) in [5, 5.41) is 13.7. The minimum absolute atomic E-state index is 0.135. The highest BCUT2D eigenvalue weighted by atomic mass is 16.6. The van der Waals surface area contributed by atoms with Gasteiger partial charge in [-0.15, -0.1) is 0 Å². The van der Waals surface area contributed by atoms with Crippen LogP contribution >= 0.6 is 0 Å². The van der Waals surface area contributed by atoms with E-state index in [1.807, 2.05) is 48.6 Å². The number of benzene rings is 1. The van der Waals surface area contributed by atoms with Crippen LogP contribution in [-0.4, -0.2) is 42.6 Å². The molecule has 2 unspecified atom stereocenters. The zero-order valence-corrected chi connectivity index (χ0v) is 19.7. The average Bonchev–Trinajstić information content (AvgIpc) is 3.14. The molecule has 34 heavy (non-hydrogen) atoms. The third-order valence-corrected chi connectivity index (χ3v) is 5.35. The third kappa shape index (κ3) is 9.67. The Morgan fingerprint density at radius 1 is 1.26 bits per heavy atom. The summed E-state index contributed by atoms with van der Waals surface area (Å²) in [6.45, 7) is 5.90. The standard InChI is InChI=1S/C28H34N2O4/c1-3-22(20-31)18-25(4-2)28(33)30-26(17-16-23-12-10-7-11-13-23)27(32)19-29-34-21-24-14-8-5-6-9-15-24/h3-8,10-15,18,20,26-27,29,32H,2,9,16-17,19,21H2,1H3,(H,30,33)/b22-3+,25-18+. The molecule has 6 nitrogen and oxygen atoms in total. The first-order valence-electron chi connectivity index (χ1n) is 11.4. The molecule has 1 aromatic rings. The van der Waals surface area contributed by atoms with Crippen molar-refractivity contribution in [3.63, 3.8) is 0 Å². The number of amides is 1. The molecule has 1 aliphatic carbocycles. The van der Waals surface area contributed by atoms with Gasteiger partial charge in [0.05, 0.1) is 18.8 Å². The normalized spacial score (nSPS) is 15.8. The van der Waals surface area contributed by atoms with Crippen LogP contribution in [0.2, 0.25) is 0 Å². The zero-order chi connectivity index (χ0) is 24.6. The van der Waals surface area contributed by atoms with E-state index in [0.717, 1.165) is 17.6 Å². The smallest absolute Gasteiger partial charge is 0.251 e. The molecule has 1 amide bonds. The molecule has 0 heterocycles. The molecular weight excluding hydrogens is 428 g/mol. The molecule has 180 valence electrons. The van der Waals surface area contributed by atoms with Gasteiger partial charge in [-0.25, -0.2) is 0 Å². The highest BCUT2D eigenvalue weighted by molar-refractivity contribution is 5.98. The second-order valence-electron chi connectivity index (χ2n) is 7.82. The second kappa shape index (κ2) is 15.5. The number of hydrogen-bond donors (Lipinski definition) is 3. The Morgan fingerprint density at radius 2 is 2.06 bits per heavy atom. The van der Waals surface area contributed by atoms with E-state index in [2.05, 4.69) is 29.5 Å². The van der Waals surface area contributed by atoms with E-state index in [-0.39, 0.29) is 12.1 Å². The lowest BCUT2D eigenvalue weighted by Crippen LogP contribution is -2.48. The lowest BCUT2D eigenvalue weighted by molar-refractivity contribution is -0.119. The number of carbonyl (C=O) groups excluding carboxylic acids is 2. The maximum absolute atomic E-state index is 12.9. The molecule has 0 fully saturated rings. The largest absolute Gasteiger partial charge is 0.390 e. The zero-order valence-electron chi connectivity index (χ0n) is 19.7. The van der Waals surface area contributed by atoms with E-state index in [0.29, 0.717) is 31.3 Å². The summed E-state index contributed by atoms with van der Waals surface area (Å²) in [6, 6.07) is 9.33. The lowest BCUT2D eigenvalue weighted by atomic mass is 10.0. The van der Waals surface area contributed by atoms with Crippen LogP contribution in [0.1, 0.15) is 25.3 Å². The van der Waals surface area contributed by atoms with Crippen molar-refractivity contribution in [3.8, 4) is 0 Å². The molecule has 0 bridgehead atoms. The Hall–Kier alpha value is -3.32. The first kappa shape index (κ1) is 26.9. The fraction of sp³-hybridized carbons (Fsp3) is 0.286. The minimum Gasteiger partial charge on any atom is -0.390 e. The van der Waals surface area contributed by atoms with Crippen molar-refractivity contribution in [2.24, 2.45) is 0 Å². The van der Waals surface area contributed by atoms with Crippen LogP contribution in [0.25, 0.3) is 0 Å². The maximum Gasteiger partial charge on any atom is 0.251 e. The van der Waals surface area contributed by atoms with Crippen LogP contribution in [0.15, 0.2) is 102 Å². The Kier molecular flexibility index (Phi) is 12.3. The predicted molar refractivity (Wildman–Crippen MR) is 136 cm³/mol. The van der Waals surface area contributed by atoms with Crippen molar-refractivity contribution in [2.75, 3.05) is 13.2 Å². The van der Waals surface area contributed by atoms with E-state index in [9.17, 15) is 14.7 Å². The topological polar surface area (TPSA) is 87.7 Å². The molecule has 0 aromatic heterocycles. The van der Waals surface area contributed by atoms with Crippen LogP contribution < -0.4 is 10.8 Å². The number of rotatable bonds is 14. The van der Waals surface area contributed by atoms with E-state index in [1.165, 1.54) is 12.2 Å². The van der Waals surface area contributed by atoms with E-state index >= 15 is 0 Å². The Bertz CT molecular complexity index is 958. The summed E-state index contributed by atoms with van der Waals surface area (Å²) in [6.07, 6.45) is 16.4. The van der Waals surface area contributed by atoms with Crippen LogP contribution in [-0.2, 0) is 20.8 Å². The van der Waals surface area contributed by atoms with E-state index in [4.69, 9.17) is 4.84 Å². The van der Waals surface area contributed by atoms with Crippen LogP contribution in [0.5, 0.6) is 0 Å². The number of aryl methyl sites for hydroxylation is 1. The van der Waals surface area contributed by atoms with Crippen molar-refractivity contribution >= 4 is 12.2 Å². The number of nitrogens with one attached hydrogen (secondary N) is 2. The summed E-state index contributed by atoms with van der Waals surface area (Å²) >= 11 is 0. The first-order valence-corrected chi connectivity index (χ1v) is 11.4. The van der Waals surface area contributed by atoms with Gasteiger partial charge in [-0.1, -0.05) is 79.4 Å². The maximum atomic E-state index is 12.9. The molecule has 0 saturated heterocycles. The van der Waals surface area contributed by atoms with Gasteiger partial charge in [0.2, 0.25) is 0 Å².